The third-order valence-corrected chi connectivity index (χ3v) is 19.8. The molecule has 0 unspecified atom stereocenters. The van der Waals surface area contributed by atoms with Gasteiger partial charge in [-0.15, -0.1) is 0 Å². The van der Waals surface area contributed by atoms with Crippen molar-refractivity contribution in [3.63, 3.8) is 0 Å². The number of H-pyrrole nitrogens is 1. The number of para-hydroxylation sites is 6. The molecule has 8 aromatic heterocycles. The zero-order valence-electron chi connectivity index (χ0n) is 56.9. The predicted molar refractivity (Wildman–Crippen MR) is 421 cm³/mol. The summed E-state index contributed by atoms with van der Waals surface area (Å²) in [5.74, 6) is 2.91. The van der Waals surface area contributed by atoms with Crippen molar-refractivity contribution in [1.82, 2.24) is 48.6 Å². The summed E-state index contributed by atoms with van der Waals surface area (Å²) in [6.07, 6.45) is 0. The summed E-state index contributed by atoms with van der Waals surface area (Å²) >= 11 is 5.99. The molecule has 14 aromatic carbocycles. The standard InChI is InChI=1S/C45H27N5O.C30H18N2O.C15H10ClN3.Na.H/c1-4-14-28(15-5-1)43-46-44(29-16-6-2-7-17-29)48-45(47-43)50-38-23-13-11-21-32(38)34-25-27-36-35-26-24-33-31-20-10-12-22-37(31)49(30-18-8-3-9-19-30)39(33)41(35)51-42(36)40(34)50;1-2-8-18(9-3-1)32-26-13-7-5-11-20(26)22-15-17-24-23-16-14-21-19-10-4-6-12-25(19)31-27(21)29(23)33-30(24)28(22)32;16-15-18-13(11-7-3-1-4-8-11)17-14(19-15)12-9-5-2-6-10-12;;/h1-27H;1-17,31H;1-10H;;/q;;;+1;-1. The van der Waals surface area contributed by atoms with Gasteiger partial charge in [-0.25, -0.2) is 9.97 Å². The molecular formula is C90H56ClN10NaO2. The number of hydrogen-bond donors (Lipinski definition) is 1. The first-order chi connectivity index (χ1) is 51.0. The number of halogens is 1. The van der Waals surface area contributed by atoms with Crippen LogP contribution < -0.4 is 29.6 Å². The number of furan rings is 2. The van der Waals surface area contributed by atoms with Gasteiger partial charge < -0.3 is 24.4 Å². The van der Waals surface area contributed by atoms with E-state index in [1.807, 2.05) is 121 Å². The third kappa shape index (κ3) is 10.3. The first kappa shape index (κ1) is 62.2. The molecule has 0 atom stereocenters. The van der Waals surface area contributed by atoms with Crippen LogP contribution in [0.3, 0.4) is 0 Å². The van der Waals surface area contributed by atoms with Gasteiger partial charge in [0.15, 0.2) is 45.6 Å². The molecule has 0 saturated carbocycles. The minimum atomic E-state index is 0. The molecule has 22 rings (SSSR count). The Balaban J connectivity index is 0.000000124. The second-order valence-corrected chi connectivity index (χ2v) is 25.8. The molecule has 0 bridgehead atoms. The minimum absolute atomic E-state index is 0. The molecule has 0 radical (unpaired) electrons. The maximum atomic E-state index is 7.18. The Morgan fingerprint density at radius 3 is 0.971 bits per heavy atom. The van der Waals surface area contributed by atoms with E-state index in [-0.39, 0.29) is 36.3 Å². The third-order valence-electron chi connectivity index (χ3n) is 19.6. The van der Waals surface area contributed by atoms with Crippen LogP contribution in [-0.2, 0) is 0 Å². The molecule has 22 aromatic rings. The fourth-order valence-corrected chi connectivity index (χ4v) is 15.2. The summed E-state index contributed by atoms with van der Waals surface area (Å²) in [7, 11) is 0. The molecule has 0 spiro atoms. The quantitative estimate of drug-likeness (QED) is 0.156. The summed E-state index contributed by atoms with van der Waals surface area (Å²) in [6.45, 7) is 0. The maximum Gasteiger partial charge on any atom is 1.00 e. The number of hydrogen-bond acceptors (Lipinski definition) is 8. The van der Waals surface area contributed by atoms with Gasteiger partial charge in [0, 0.05) is 104 Å². The van der Waals surface area contributed by atoms with Gasteiger partial charge in [0.05, 0.1) is 33.1 Å². The molecule has 8 heterocycles. The SMILES string of the molecule is Clc1nc(-c2ccccc2)nc(-c2ccccc2)n1.[H-].[Na+].c1ccc(-c2nc(-c3ccccc3)nc(-n3c4ccccc4c4ccc5c6ccc7c8ccccc8n(-c8ccccc8)c7c6oc5c43)n2)cc1.c1ccc(-n2c3ccccc3c3ccc4c5ccc6c7ccccc7[nH]c6c5oc4c32)cc1. The van der Waals surface area contributed by atoms with Crippen molar-refractivity contribution >= 4 is 143 Å². The average Bonchev–Trinajstić information content (AvgIpc) is 1.57. The second kappa shape index (κ2) is 25.7. The molecule has 1 N–H and O–H groups in total. The van der Waals surface area contributed by atoms with E-state index in [0.717, 1.165) is 132 Å². The molecule has 0 amide bonds. The van der Waals surface area contributed by atoms with Gasteiger partial charge in [0.25, 0.3) is 0 Å². The molecule has 104 heavy (non-hydrogen) atoms. The van der Waals surface area contributed by atoms with Crippen LogP contribution in [0.25, 0.3) is 194 Å². The fourth-order valence-electron chi connectivity index (χ4n) is 15.0. The maximum absolute atomic E-state index is 7.18. The smallest absolute Gasteiger partial charge is 1.00 e. The number of aromatic amines is 1. The second-order valence-electron chi connectivity index (χ2n) is 25.5. The first-order valence-electron chi connectivity index (χ1n) is 34.1. The number of fused-ring (bicyclic) bond motifs is 22. The Morgan fingerprint density at radius 2 is 0.558 bits per heavy atom. The van der Waals surface area contributed by atoms with E-state index >= 15 is 0 Å². The Hall–Kier alpha value is -12.8. The Labute approximate surface area is 622 Å². The van der Waals surface area contributed by atoms with Crippen molar-refractivity contribution < 1.29 is 39.8 Å². The average molecular weight is 1370 g/mol. The number of aromatic nitrogens is 10. The van der Waals surface area contributed by atoms with E-state index in [1.165, 1.54) is 32.4 Å². The van der Waals surface area contributed by atoms with E-state index in [0.29, 0.717) is 29.2 Å². The van der Waals surface area contributed by atoms with Crippen LogP contribution in [0.5, 0.6) is 0 Å². The minimum Gasteiger partial charge on any atom is -1.00 e. The molecule has 14 heteroatoms. The van der Waals surface area contributed by atoms with E-state index in [9.17, 15) is 0 Å². The summed E-state index contributed by atoms with van der Waals surface area (Å²) in [4.78, 5) is 31.7. The van der Waals surface area contributed by atoms with Crippen molar-refractivity contribution in [3.8, 4) is 62.9 Å². The fraction of sp³-hybridized carbons (Fsp3) is 0. The molecule has 12 nitrogen and oxygen atoms in total. The largest absolute Gasteiger partial charge is 1.00 e. The van der Waals surface area contributed by atoms with Gasteiger partial charge in [-0.05, 0) is 84.4 Å². The van der Waals surface area contributed by atoms with Crippen molar-refractivity contribution in [2.24, 2.45) is 0 Å². The van der Waals surface area contributed by atoms with Crippen molar-refractivity contribution in [2.45, 2.75) is 0 Å². The van der Waals surface area contributed by atoms with Crippen molar-refractivity contribution in [3.05, 3.63) is 333 Å². The van der Waals surface area contributed by atoms with Crippen LogP contribution in [0.2, 0.25) is 5.28 Å². The normalized spacial score (nSPS) is 11.6. The Bertz CT molecular complexity index is 6950. The molecule has 0 aliphatic rings. The number of benzene rings is 14. The molecule has 0 aliphatic carbocycles. The molecular weight excluding hydrogens is 1310 g/mol. The van der Waals surface area contributed by atoms with Crippen LogP contribution >= 0.6 is 11.6 Å². The van der Waals surface area contributed by atoms with Gasteiger partial charge in [-0.3, -0.25) is 4.57 Å². The molecule has 0 aliphatic heterocycles. The van der Waals surface area contributed by atoms with Crippen LogP contribution in [0.15, 0.2) is 336 Å². The molecule has 486 valence electrons. The topological polar surface area (TPSA) is 134 Å². The van der Waals surface area contributed by atoms with Crippen molar-refractivity contribution in [2.75, 3.05) is 0 Å². The van der Waals surface area contributed by atoms with E-state index in [2.05, 4.69) is 240 Å². The van der Waals surface area contributed by atoms with Crippen LogP contribution in [-0.4, -0.2) is 48.6 Å². The molecule has 0 fully saturated rings. The number of rotatable bonds is 7. The zero-order valence-corrected chi connectivity index (χ0v) is 58.7. The van der Waals surface area contributed by atoms with Crippen LogP contribution in [0, 0.1) is 0 Å². The predicted octanol–water partition coefficient (Wildman–Crippen LogP) is 20.6. The zero-order chi connectivity index (χ0) is 68.1. The summed E-state index contributed by atoms with van der Waals surface area (Å²) in [6, 6.07) is 112. The Kier molecular flexibility index (Phi) is 15.4. The Morgan fingerprint density at radius 1 is 0.260 bits per heavy atom. The summed E-state index contributed by atoms with van der Waals surface area (Å²) in [5.41, 5.74) is 17.9. The van der Waals surface area contributed by atoms with Crippen LogP contribution in [0.4, 0.5) is 0 Å². The van der Waals surface area contributed by atoms with Gasteiger partial charge in [0.2, 0.25) is 11.2 Å². The van der Waals surface area contributed by atoms with E-state index in [4.69, 9.17) is 35.4 Å². The van der Waals surface area contributed by atoms with Gasteiger partial charge >= 0.3 is 29.6 Å². The number of nitrogens with zero attached hydrogens (tertiary/aromatic N) is 9. The number of nitrogens with one attached hydrogen (secondary N) is 1. The monoisotopic (exact) mass is 1370 g/mol. The van der Waals surface area contributed by atoms with Crippen LogP contribution in [0.1, 0.15) is 1.43 Å². The first-order valence-corrected chi connectivity index (χ1v) is 34.5. The summed E-state index contributed by atoms with van der Waals surface area (Å²) < 4.78 is 20.7. The van der Waals surface area contributed by atoms with Gasteiger partial charge in [-0.2, -0.15) is 19.9 Å². The van der Waals surface area contributed by atoms with Gasteiger partial charge in [0.1, 0.15) is 5.52 Å². The van der Waals surface area contributed by atoms with Gasteiger partial charge in [-0.1, -0.05) is 255 Å². The summed E-state index contributed by atoms with van der Waals surface area (Å²) in [5, 5.41) is 13.9. The van der Waals surface area contributed by atoms with Crippen molar-refractivity contribution in [1.29, 1.82) is 0 Å². The van der Waals surface area contributed by atoms with E-state index in [1.54, 1.807) is 0 Å². The van der Waals surface area contributed by atoms with E-state index < -0.39 is 0 Å². The molecule has 0 saturated heterocycles.